The zero-order chi connectivity index (χ0) is 24.1. The van der Waals surface area contributed by atoms with Gasteiger partial charge in [0, 0.05) is 31.1 Å². The number of benzene rings is 2. The topological polar surface area (TPSA) is 106 Å². The monoisotopic (exact) mass is 464 g/mol. The van der Waals surface area contributed by atoms with Gasteiger partial charge in [0.05, 0.1) is 33.4 Å². The van der Waals surface area contributed by atoms with Crippen LogP contribution in [0, 0.1) is 0 Å². The molecule has 0 bridgehead atoms. The van der Waals surface area contributed by atoms with E-state index in [4.69, 9.17) is 14.2 Å². The maximum atomic E-state index is 13.6. The van der Waals surface area contributed by atoms with Gasteiger partial charge in [-0.1, -0.05) is 30.3 Å². The van der Waals surface area contributed by atoms with Crippen LogP contribution in [0.3, 0.4) is 0 Å². The second kappa shape index (κ2) is 10.3. The van der Waals surface area contributed by atoms with Gasteiger partial charge in [0.25, 0.3) is 0 Å². The first-order chi connectivity index (χ1) is 16.5. The summed E-state index contributed by atoms with van der Waals surface area (Å²) in [7, 11) is 4.47. The van der Waals surface area contributed by atoms with Gasteiger partial charge >= 0.3 is 12.0 Å². The van der Waals surface area contributed by atoms with Crippen LogP contribution >= 0.6 is 0 Å². The van der Waals surface area contributed by atoms with Crippen molar-refractivity contribution in [2.75, 3.05) is 27.9 Å². The normalized spacial score (nSPS) is 15.7. The molecule has 4 rings (SSSR count). The summed E-state index contributed by atoms with van der Waals surface area (Å²) in [5.74, 6) is 0.706. The molecule has 0 saturated carbocycles. The minimum absolute atomic E-state index is 0.318. The highest BCUT2D eigenvalue weighted by molar-refractivity contribution is 5.84. The summed E-state index contributed by atoms with van der Waals surface area (Å²) < 4.78 is 15.8. The quantitative estimate of drug-likeness (QED) is 0.521. The number of hydrogen-bond acceptors (Lipinski definition) is 6. The van der Waals surface area contributed by atoms with Crippen molar-refractivity contribution in [2.45, 2.75) is 24.9 Å². The lowest BCUT2D eigenvalue weighted by atomic mass is 9.95. The SMILES string of the molecule is COC(=O)[C@H](Cc1ccccc1)NC(=O)N1CCc2[nH]cnc2[C@H]1c1cc(OC)cc(OC)c1. The van der Waals surface area contributed by atoms with E-state index in [0.717, 1.165) is 22.5 Å². The number of nitrogens with zero attached hydrogens (tertiary/aromatic N) is 2. The van der Waals surface area contributed by atoms with Crippen LogP contribution in [0.4, 0.5) is 4.79 Å². The lowest BCUT2D eigenvalue weighted by Crippen LogP contribution is -2.52. The molecule has 3 aromatic rings. The van der Waals surface area contributed by atoms with Crippen LogP contribution in [-0.4, -0.2) is 60.8 Å². The number of amides is 2. The fraction of sp³-hybridized carbons (Fsp3) is 0.320. The van der Waals surface area contributed by atoms with Crippen molar-refractivity contribution >= 4 is 12.0 Å². The number of ether oxygens (including phenoxy) is 3. The summed E-state index contributed by atoms with van der Waals surface area (Å²) in [5, 5.41) is 2.88. The number of carbonyl (C=O) groups excluding carboxylic acids is 2. The third-order valence-corrected chi connectivity index (χ3v) is 5.94. The Hall–Kier alpha value is -4.01. The summed E-state index contributed by atoms with van der Waals surface area (Å²) in [6.45, 7) is 0.435. The summed E-state index contributed by atoms with van der Waals surface area (Å²) >= 11 is 0. The molecule has 2 amide bonds. The summed E-state index contributed by atoms with van der Waals surface area (Å²) in [4.78, 5) is 35.4. The number of fused-ring (bicyclic) bond motifs is 1. The van der Waals surface area contributed by atoms with Gasteiger partial charge in [0.2, 0.25) is 0 Å². The second-order valence-electron chi connectivity index (χ2n) is 7.97. The number of urea groups is 1. The first kappa shape index (κ1) is 23.2. The van der Waals surface area contributed by atoms with E-state index < -0.39 is 18.1 Å². The van der Waals surface area contributed by atoms with Gasteiger partial charge in [-0.25, -0.2) is 14.6 Å². The standard InChI is InChI=1S/C25H28N4O5/c1-32-18-12-17(13-19(14-18)33-2)23-22-20(26-15-27-22)9-10-29(23)25(31)28-21(24(30)34-3)11-16-7-5-4-6-8-16/h4-8,12-15,21,23H,9-11H2,1-3H3,(H,26,27)(H,28,31)/t21-,23+/m0/s1. The Bertz CT molecular complexity index is 1120. The van der Waals surface area contributed by atoms with E-state index in [0.29, 0.717) is 30.9 Å². The van der Waals surface area contributed by atoms with Crippen LogP contribution < -0.4 is 14.8 Å². The number of H-pyrrole nitrogens is 1. The first-order valence-corrected chi connectivity index (χ1v) is 11.0. The molecule has 1 aliphatic rings. The number of carbonyl (C=O) groups is 2. The van der Waals surface area contributed by atoms with Crippen molar-refractivity contribution in [2.24, 2.45) is 0 Å². The van der Waals surface area contributed by atoms with Crippen molar-refractivity contribution in [1.29, 1.82) is 0 Å². The third kappa shape index (κ3) is 4.83. The van der Waals surface area contributed by atoms with Crippen LogP contribution in [0.25, 0.3) is 0 Å². The molecule has 1 aliphatic heterocycles. The highest BCUT2D eigenvalue weighted by atomic mass is 16.5. The molecule has 0 radical (unpaired) electrons. The molecule has 0 unspecified atom stereocenters. The van der Waals surface area contributed by atoms with E-state index in [1.807, 2.05) is 42.5 Å². The Morgan fingerprint density at radius 2 is 1.82 bits per heavy atom. The molecule has 1 aromatic heterocycles. The van der Waals surface area contributed by atoms with Gasteiger partial charge in [0.15, 0.2) is 0 Å². The molecule has 2 heterocycles. The molecule has 34 heavy (non-hydrogen) atoms. The Morgan fingerprint density at radius 3 is 2.47 bits per heavy atom. The molecule has 0 aliphatic carbocycles. The molecule has 0 fully saturated rings. The molecule has 0 saturated heterocycles. The van der Waals surface area contributed by atoms with Crippen molar-refractivity contribution in [3.8, 4) is 11.5 Å². The summed E-state index contributed by atoms with van der Waals surface area (Å²) in [6, 6.07) is 13.3. The molecular formula is C25H28N4O5. The van der Waals surface area contributed by atoms with Gasteiger partial charge in [-0.05, 0) is 23.3 Å². The van der Waals surface area contributed by atoms with Gasteiger partial charge in [-0.3, -0.25) is 0 Å². The predicted octanol–water partition coefficient (Wildman–Crippen LogP) is 2.87. The molecule has 0 spiro atoms. The number of imidazole rings is 1. The van der Waals surface area contributed by atoms with E-state index >= 15 is 0 Å². The van der Waals surface area contributed by atoms with Crippen LogP contribution in [-0.2, 0) is 22.4 Å². The lowest BCUT2D eigenvalue weighted by molar-refractivity contribution is -0.142. The van der Waals surface area contributed by atoms with E-state index in [2.05, 4.69) is 15.3 Å². The Morgan fingerprint density at radius 1 is 1.12 bits per heavy atom. The molecule has 9 heteroatoms. The third-order valence-electron chi connectivity index (χ3n) is 5.94. The van der Waals surface area contributed by atoms with Crippen LogP contribution in [0.15, 0.2) is 54.9 Å². The van der Waals surface area contributed by atoms with E-state index in [-0.39, 0.29) is 6.03 Å². The molecule has 2 N–H and O–H groups in total. The number of aromatic amines is 1. The molecule has 9 nitrogen and oxygen atoms in total. The van der Waals surface area contributed by atoms with Gasteiger partial charge in [-0.2, -0.15) is 0 Å². The largest absolute Gasteiger partial charge is 0.497 e. The molecule has 2 atom stereocenters. The van der Waals surface area contributed by atoms with Gasteiger partial charge < -0.3 is 29.4 Å². The molecule has 2 aromatic carbocycles. The van der Waals surface area contributed by atoms with Crippen LogP contribution in [0.2, 0.25) is 0 Å². The van der Waals surface area contributed by atoms with Crippen molar-refractivity contribution < 1.29 is 23.8 Å². The summed E-state index contributed by atoms with van der Waals surface area (Å²) in [5.41, 5.74) is 3.41. The van der Waals surface area contributed by atoms with E-state index in [1.54, 1.807) is 31.5 Å². The Labute approximate surface area is 198 Å². The maximum Gasteiger partial charge on any atom is 0.328 e. The predicted molar refractivity (Wildman–Crippen MR) is 125 cm³/mol. The van der Waals surface area contributed by atoms with E-state index in [1.165, 1.54) is 7.11 Å². The highest BCUT2D eigenvalue weighted by Gasteiger charge is 2.36. The Balaban J connectivity index is 1.66. The number of nitrogens with one attached hydrogen (secondary N) is 2. The zero-order valence-corrected chi connectivity index (χ0v) is 19.4. The molecule has 178 valence electrons. The second-order valence-corrected chi connectivity index (χ2v) is 7.97. The number of methoxy groups -OCH3 is 3. The van der Waals surface area contributed by atoms with Crippen molar-refractivity contribution in [3.05, 3.63) is 77.4 Å². The van der Waals surface area contributed by atoms with Crippen LogP contribution in [0.5, 0.6) is 11.5 Å². The zero-order valence-electron chi connectivity index (χ0n) is 19.4. The number of hydrogen-bond donors (Lipinski definition) is 2. The number of esters is 1. The Kier molecular flexibility index (Phi) is 7.01. The lowest BCUT2D eigenvalue weighted by Gasteiger charge is -2.36. The number of aromatic nitrogens is 2. The minimum atomic E-state index is -0.832. The fourth-order valence-electron chi connectivity index (χ4n) is 4.24. The highest BCUT2D eigenvalue weighted by Crippen LogP contribution is 2.37. The smallest absolute Gasteiger partial charge is 0.328 e. The van der Waals surface area contributed by atoms with Gasteiger partial charge in [0.1, 0.15) is 23.6 Å². The maximum absolute atomic E-state index is 13.6. The van der Waals surface area contributed by atoms with Crippen molar-refractivity contribution in [1.82, 2.24) is 20.2 Å². The molecular weight excluding hydrogens is 436 g/mol. The van der Waals surface area contributed by atoms with E-state index in [9.17, 15) is 9.59 Å². The minimum Gasteiger partial charge on any atom is -0.497 e. The van der Waals surface area contributed by atoms with Crippen LogP contribution in [0.1, 0.15) is 28.6 Å². The van der Waals surface area contributed by atoms with Gasteiger partial charge in [-0.15, -0.1) is 0 Å². The average Bonchev–Trinajstić information content (AvgIpc) is 3.36. The average molecular weight is 465 g/mol. The first-order valence-electron chi connectivity index (χ1n) is 11.0. The fourth-order valence-corrected chi connectivity index (χ4v) is 4.24. The summed E-state index contributed by atoms with van der Waals surface area (Å²) in [6.07, 6.45) is 2.56. The van der Waals surface area contributed by atoms with Crippen molar-refractivity contribution in [3.63, 3.8) is 0 Å². The number of rotatable bonds is 7.